The van der Waals surface area contributed by atoms with Crippen LogP contribution in [-0.2, 0) is 20.8 Å². The SMILES string of the molecule is Cc1ccc(NC(=O)NC(CC(C)C)C(=O)NC(CC2=CCc3ccccc32)C(=O)NCCC(=O)O)cc1. The van der Waals surface area contributed by atoms with Gasteiger partial charge in [-0.15, -0.1) is 0 Å². The molecule has 2 atom stereocenters. The van der Waals surface area contributed by atoms with Crippen LogP contribution in [0, 0.1) is 12.8 Å². The van der Waals surface area contributed by atoms with Gasteiger partial charge < -0.3 is 26.4 Å². The first kappa shape index (κ1) is 28.4. The molecule has 0 saturated carbocycles. The van der Waals surface area contributed by atoms with E-state index >= 15 is 0 Å². The number of hydrogen-bond donors (Lipinski definition) is 5. The van der Waals surface area contributed by atoms with Crippen molar-refractivity contribution in [3.05, 3.63) is 71.3 Å². The maximum atomic E-state index is 13.4. The van der Waals surface area contributed by atoms with E-state index in [-0.39, 0.29) is 25.3 Å². The van der Waals surface area contributed by atoms with Gasteiger partial charge in [-0.05, 0) is 54.5 Å². The van der Waals surface area contributed by atoms with E-state index in [1.165, 1.54) is 0 Å². The molecule has 9 heteroatoms. The molecule has 2 aromatic rings. The van der Waals surface area contributed by atoms with Crippen molar-refractivity contribution in [3.63, 3.8) is 0 Å². The summed E-state index contributed by atoms with van der Waals surface area (Å²) in [6, 6.07) is 12.8. The van der Waals surface area contributed by atoms with Gasteiger partial charge in [-0.25, -0.2) is 4.79 Å². The van der Waals surface area contributed by atoms with Crippen LogP contribution in [0.15, 0.2) is 54.6 Å². The molecule has 2 unspecified atom stereocenters. The molecule has 5 N–H and O–H groups in total. The van der Waals surface area contributed by atoms with E-state index in [4.69, 9.17) is 5.11 Å². The lowest BCUT2D eigenvalue weighted by Gasteiger charge is -2.25. The van der Waals surface area contributed by atoms with Crippen molar-refractivity contribution >= 4 is 35.1 Å². The van der Waals surface area contributed by atoms with Crippen molar-refractivity contribution in [1.29, 1.82) is 0 Å². The lowest BCUT2D eigenvalue weighted by atomic mass is 9.98. The Kier molecular flexibility index (Phi) is 10.0. The Labute approximate surface area is 223 Å². The molecule has 1 aliphatic rings. The van der Waals surface area contributed by atoms with Gasteiger partial charge in [0.05, 0.1) is 6.42 Å². The topological polar surface area (TPSA) is 137 Å². The summed E-state index contributed by atoms with van der Waals surface area (Å²) in [6.45, 7) is 5.77. The molecule has 38 heavy (non-hydrogen) atoms. The number of rotatable bonds is 12. The van der Waals surface area contributed by atoms with Gasteiger partial charge in [0.1, 0.15) is 12.1 Å². The van der Waals surface area contributed by atoms with Crippen LogP contribution in [0.1, 0.15) is 49.8 Å². The number of carboxylic acids is 1. The Morgan fingerprint density at radius 1 is 0.921 bits per heavy atom. The van der Waals surface area contributed by atoms with Gasteiger partial charge >= 0.3 is 12.0 Å². The minimum absolute atomic E-state index is 0.0528. The summed E-state index contributed by atoms with van der Waals surface area (Å²) in [5.74, 6) is -1.89. The summed E-state index contributed by atoms with van der Waals surface area (Å²) < 4.78 is 0. The van der Waals surface area contributed by atoms with E-state index in [9.17, 15) is 19.2 Å². The summed E-state index contributed by atoms with van der Waals surface area (Å²) in [6.07, 6.45) is 3.16. The number of anilines is 1. The number of aliphatic carboxylic acids is 1. The predicted octanol–water partition coefficient (Wildman–Crippen LogP) is 3.64. The average molecular weight is 521 g/mol. The number of carbonyl (C=O) groups is 4. The van der Waals surface area contributed by atoms with Crippen LogP contribution in [0.2, 0.25) is 0 Å². The number of aryl methyl sites for hydroxylation is 1. The van der Waals surface area contributed by atoms with Gasteiger partial charge in [-0.2, -0.15) is 0 Å². The fourth-order valence-electron chi connectivity index (χ4n) is 4.33. The van der Waals surface area contributed by atoms with Crippen molar-refractivity contribution < 1.29 is 24.3 Å². The zero-order chi connectivity index (χ0) is 27.7. The zero-order valence-corrected chi connectivity index (χ0v) is 22.0. The van der Waals surface area contributed by atoms with Gasteiger partial charge in [-0.3, -0.25) is 14.4 Å². The second-order valence-corrected chi connectivity index (χ2v) is 9.94. The predicted molar refractivity (Wildman–Crippen MR) is 147 cm³/mol. The fraction of sp³-hybridized carbons (Fsp3) is 0.379. The first-order valence-corrected chi connectivity index (χ1v) is 12.8. The molecule has 0 aromatic heterocycles. The van der Waals surface area contributed by atoms with E-state index in [1.54, 1.807) is 12.1 Å². The number of amides is 4. The summed E-state index contributed by atoms with van der Waals surface area (Å²) in [4.78, 5) is 50.0. The highest BCUT2D eigenvalue weighted by molar-refractivity contribution is 5.96. The van der Waals surface area contributed by atoms with Gasteiger partial charge in [-0.1, -0.05) is 61.9 Å². The highest BCUT2D eigenvalue weighted by atomic mass is 16.4. The first-order chi connectivity index (χ1) is 18.1. The van der Waals surface area contributed by atoms with Gasteiger partial charge in [0.15, 0.2) is 0 Å². The molecule has 4 amide bonds. The molecule has 9 nitrogen and oxygen atoms in total. The maximum absolute atomic E-state index is 13.4. The average Bonchev–Trinajstić information content (AvgIpc) is 3.27. The Hall–Kier alpha value is -4.14. The van der Waals surface area contributed by atoms with Crippen LogP contribution < -0.4 is 21.3 Å². The molecule has 0 aliphatic heterocycles. The number of hydrogen-bond acceptors (Lipinski definition) is 4. The molecular formula is C29H36N4O5. The van der Waals surface area contributed by atoms with Crippen molar-refractivity contribution in [2.24, 2.45) is 5.92 Å². The summed E-state index contributed by atoms with van der Waals surface area (Å²) in [5.41, 5.74) is 4.76. The van der Waals surface area contributed by atoms with E-state index in [0.29, 0.717) is 12.1 Å². The third kappa shape index (κ3) is 8.47. The molecule has 1 aliphatic carbocycles. The van der Waals surface area contributed by atoms with Crippen LogP contribution in [0.3, 0.4) is 0 Å². The maximum Gasteiger partial charge on any atom is 0.319 e. The van der Waals surface area contributed by atoms with Gasteiger partial charge in [0, 0.05) is 18.7 Å². The number of allylic oxidation sites excluding steroid dienone is 1. The van der Waals surface area contributed by atoms with Crippen molar-refractivity contribution in [3.8, 4) is 0 Å². The first-order valence-electron chi connectivity index (χ1n) is 12.8. The molecule has 0 fully saturated rings. The number of nitrogens with one attached hydrogen (secondary N) is 4. The Bertz CT molecular complexity index is 1190. The fourth-order valence-corrected chi connectivity index (χ4v) is 4.33. The molecule has 0 saturated heterocycles. The minimum Gasteiger partial charge on any atom is -0.481 e. The van der Waals surface area contributed by atoms with Crippen LogP contribution in [0.25, 0.3) is 5.57 Å². The number of carbonyl (C=O) groups excluding carboxylic acids is 3. The smallest absolute Gasteiger partial charge is 0.319 e. The Morgan fingerprint density at radius 3 is 2.32 bits per heavy atom. The molecule has 3 rings (SSSR count). The van der Waals surface area contributed by atoms with Crippen LogP contribution >= 0.6 is 0 Å². The summed E-state index contributed by atoms with van der Waals surface area (Å²) in [7, 11) is 0. The largest absolute Gasteiger partial charge is 0.481 e. The second kappa shape index (κ2) is 13.4. The molecule has 0 spiro atoms. The molecule has 202 valence electrons. The van der Waals surface area contributed by atoms with E-state index in [1.807, 2.05) is 63.2 Å². The van der Waals surface area contributed by atoms with Crippen molar-refractivity contribution in [2.45, 2.75) is 58.5 Å². The second-order valence-electron chi connectivity index (χ2n) is 9.94. The van der Waals surface area contributed by atoms with E-state index < -0.39 is 35.9 Å². The van der Waals surface area contributed by atoms with Crippen LogP contribution in [0.4, 0.5) is 10.5 Å². The Balaban J connectivity index is 1.72. The van der Waals surface area contributed by atoms with Crippen LogP contribution in [0.5, 0.6) is 0 Å². The van der Waals surface area contributed by atoms with Gasteiger partial charge in [0.25, 0.3) is 0 Å². The highest BCUT2D eigenvalue weighted by Gasteiger charge is 2.29. The molecule has 0 radical (unpaired) electrons. The zero-order valence-electron chi connectivity index (χ0n) is 22.0. The van der Waals surface area contributed by atoms with Crippen molar-refractivity contribution in [2.75, 3.05) is 11.9 Å². The third-order valence-corrected chi connectivity index (χ3v) is 6.27. The third-order valence-electron chi connectivity index (χ3n) is 6.27. The van der Waals surface area contributed by atoms with E-state index in [2.05, 4.69) is 21.3 Å². The normalized spacial score (nSPS) is 13.6. The Morgan fingerprint density at radius 2 is 1.63 bits per heavy atom. The quantitative estimate of drug-likeness (QED) is 0.291. The molecule has 0 bridgehead atoms. The lowest BCUT2D eigenvalue weighted by Crippen LogP contribution is -2.54. The number of carboxylic acid groups (broad SMARTS) is 1. The number of fused-ring (bicyclic) bond motifs is 1. The monoisotopic (exact) mass is 520 g/mol. The summed E-state index contributed by atoms with van der Waals surface area (Å²) >= 11 is 0. The minimum atomic E-state index is -1.03. The number of urea groups is 1. The lowest BCUT2D eigenvalue weighted by molar-refractivity contribution is -0.137. The van der Waals surface area contributed by atoms with E-state index in [0.717, 1.165) is 28.7 Å². The standard InChI is InChI=1S/C29H36N4O5/c1-18(2)16-24(33-29(38)31-22-12-8-19(3)9-13-22)28(37)32-25(27(36)30-15-14-26(34)35)17-21-11-10-20-6-4-5-7-23(20)21/h4-9,11-13,18,24-25H,10,14-17H2,1-3H3,(H,30,36)(H,32,37)(H,34,35)(H2,31,33,38). The van der Waals surface area contributed by atoms with Crippen molar-refractivity contribution in [1.82, 2.24) is 16.0 Å². The molecule has 0 heterocycles. The molecular weight excluding hydrogens is 484 g/mol. The highest BCUT2D eigenvalue weighted by Crippen LogP contribution is 2.30. The van der Waals surface area contributed by atoms with Gasteiger partial charge in [0.2, 0.25) is 11.8 Å². The molecule has 2 aromatic carbocycles. The van der Waals surface area contributed by atoms with Crippen LogP contribution in [-0.4, -0.2) is 47.5 Å². The summed E-state index contributed by atoms with van der Waals surface area (Å²) in [5, 5.41) is 19.8. The number of benzene rings is 2.